The lowest BCUT2D eigenvalue weighted by molar-refractivity contribution is 0.469. The molecule has 0 fully saturated rings. The number of ether oxygens (including phenoxy) is 1. The van der Waals surface area contributed by atoms with Crippen molar-refractivity contribution in [1.82, 2.24) is 15.3 Å². The molecule has 2 aromatic rings. The van der Waals surface area contributed by atoms with Crippen molar-refractivity contribution in [2.24, 2.45) is 0 Å². The Morgan fingerprint density at radius 2 is 2.05 bits per heavy atom. The van der Waals surface area contributed by atoms with Crippen molar-refractivity contribution in [1.29, 1.82) is 0 Å². The number of nitrogens with zero attached hydrogens (tertiary/aromatic N) is 2. The van der Waals surface area contributed by atoms with Crippen LogP contribution in [0.5, 0.6) is 11.5 Å². The second-order valence-corrected chi connectivity index (χ2v) is 4.78. The van der Waals surface area contributed by atoms with Crippen LogP contribution >= 0.6 is 0 Å². The average Bonchev–Trinajstić information content (AvgIpc) is 2.49. The van der Waals surface area contributed by atoms with Crippen molar-refractivity contribution in [2.75, 3.05) is 7.05 Å². The Hall–Kier alpha value is -1.94. The smallest absolute Gasteiger partial charge is 0.148 e. The van der Waals surface area contributed by atoms with E-state index in [1.54, 1.807) is 6.20 Å². The van der Waals surface area contributed by atoms with Gasteiger partial charge in [0.15, 0.2) is 0 Å². The fraction of sp³-hybridized carbons (Fsp3) is 0.375. The van der Waals surface area contributed by atoms with Crippen molar-refractivity contribution in [3.63, 3.8) is 0 Å². The number of hydrogen-bond acceptors (Lipinski definition) is 4. The largest absolute Gasteiger partial charge is 0.454 e. The summed E-state index contributed by atoms with van der Waals surface area (Å²) in [5, 5.41) is 3.16. The van der Waals surface area contributed by atoms with Gasteiger partial charge in [0.2, 0.25) is 0 Å². The molecule has 0 saturated carbocycles. The van der Waals surface area contributed by atoms with Gasteiger partial charge in [0.1, 0.15) is 11.5 Å². The van der Waals surface area contributed by atoms with Gasteiger partial charge < -0.3 is 10.1 Å². The van der Waals surface area contributed by atoms with Crippen molar-refractivity contribution in [3.8, 4) is 11.5 Å². The van der Waals surface area contributed by atoms with E-state index in [4.69, 9.17) is 4.74 Å². The van der Waals surface area contributed by atoms with E-state index in [1.807, 2.05) is 38.2 Å². The van der Waals surface area contributed by atoms with Gasteiger partial charge in [-0.1, -0.05) is 6.92 Å². The molecule has 20 heavy (non-hydrogen) atoms. The van der Waals surface area contributed by atoms with Crippen LogP contribution in [0.15, 0.2) is 30.5 Å². The fourth-order valence-electron chi connectivity index (χ4n) is 1.93. The SMILES string of the molecule is CCc1nc(C)ccc1Oc1ccc(C(C)NC)nc1. The fourth-order valence-corrected chi connectivity index (χ4v) is 1.93. The van der Waals surface area contributed by atoms with Crippen LogP contribution < -0.4 is 10.1 Å². The monoisotopic (exact) mass is 271 g/mol. The highest BCUT2D eigenvalue weighted by Crippen LogP contribution is 2.25. The summed E-state index contributed by atoms with van der Waals surface area (Å²) in [4.78, 5) is 8.90. The Bertz CT molecular complexity index is 566. The molecule has 2 rings (SSSR count). The lowest BCUT2D eigenvalue weighted by Crippen LogP contribution is -2.13. The predicted molar refractivity (Wildman–Crippen MR) is 80.1 cm³/mol. The van der Waals surface area contributed by atoms with Crippen molar-refractivity contribution >= 4 is 0 Å². The highest BCUT2D eigenvalue weighted by atomic mass is 16.5. The molecule has 2 heterocycles. The summed E-state index contributed by atoms with van der Waals surface area (Å²) < 4.78 is 5.88. The van der Waals surface area contributed by atoms with Gasteiger partial charge in [0.25, 0.3) is 0 Å². The predicted octanol–water partition coefficient (Wildman–Crippen LogP) is 3.42. The summed E-state index contributed by atoms with van der Waals surface area (Å²) in [6.07, 6.45) is 2.60. The number of aromatic nitrogens is 2. The molecule has 4 heteroatoms. The van der Waals surface area contributed by atoms with Crippen molar-refractivity contribution in [2.45, 2.75) is 33.2 Å². The third-order valence-electron chi connectivity index (χ3n) is 3.27. The summed E-state index contributed by atoms with van der Waals surface area (Å²) in [6, 6.07) is 8.07. The Kier molecular flexibility index (Phi) is 4.69. The molecule has 0 saturated heterocycles. The zero-order chi connectivity index (χ0) is 14.5. The minimum Gasteiger partial charge on any atom is -0.454 e. The Labute approximate surface area is 120 Å². The molecule has 1 atom stereocenters. The summed E-state index contributed by atoms with van der Waals surface area (Å²) >= 11 is 0. The molecule has 4 nitrogen and oxygen atoms in total. The van der Waals surface area contributed by atoms with Gasteiger partial charge in [0.05, 0.1) is 17.6 Å². The first-order valence-electron chi connectivity index (χ1n) is 6.91. The van der Waals surface area contributed by atoms with Crippen LogP contribution in [0.4, 0.5) is 0 Å². The maximum absolute atomic E-state index is 5.88. The molecular weight excluding hydrogens is 250 g/mol. The molecule has 106 valence electrons. The highest BCUT2D eigenvalue weighted by molar-refractivity contribution is 5.34. The van der Waals surface area contributed by atoms with E-state index in [9.17, 15) is 0 Å². The van der Waals surface area contributed by atoms with Crippen LogP contribution in [0, 0.1) is 6.92 Å². The molecule has 1 unspecified atom stereocenters. The summed E-state index contributed by atoms with van der Waals surface area (Å²) in [5.74, 6) is 1.53. The van der Waals surface area contributed by atoms with E-state index < -0.39 is 0 Å². The number of hydrogen-bond donors (Lipinski definition) is 1. The Morgan fingerprint density at radius 3 is 2.65 bits per heavy atom. The lowest BCUT2D eigenvalue weighted by Gasteiger charge is -2.12. The zero-order valence-electron chi connectivity index (χ0n) is 12.5. The zero-order valence-corrected chi connectivity index (χ0v) is 12.5. The number of rotatable bonds is 5. The van der Waals surface area contributed by atoms with Gasteiger partial charge in [-0.2, -0.15) is 0 Å². The van der Waals surface area contributed by atoms with E-state index in [-0.39, 0.29) is 6.04 Å². The summed E-state index contributed by atoms with van der Waals surface area (Å²) in [6.45, 7) is 6.13. The van der Waals surface area contributed by atoms with E-state index >= 15 is 0 Å². The van der Waals surface area contributed by atoms with Crippen LogP contribution in [0.25, 0.3) is 0 Å². The van der Waals surface area contributed by atoms with Crippen molar-refractivity contribution in [3.05, 3.63) is 47.5 Å². The van der Waals surface area contributed by atoms with Gasteiger partial charge in [-0.3, -0.25) is 9.97 Å². The van der Waals surface area contributed by atoms with E-state index in [0.29, 0.717) is 0 Å². The molecule has 0 aromatic carbocycles. The second-order valence-electron chi connectivity index (χ2n) is 4.78. The van der Waals surface area contributed by atoms with Crippen LogP contribution in [0.3, 0.4) is 0 Å². The number of pyridine rings is 2. The third-order valence-corrected chi connectivity index (χ3v) is 3.27. The van der Waals surface area contributed by atoms with Crippen LogP contribution in [-0.2, 0) is 6.42 Å². The van der Waals surface area contributed by atoms with Gasteiger partial charge in [-0.25, -0.2) is 0 Å². The van der Waals surface area contributed by atoms with Crippen LogP contribution in [0.1, 0.15) is 37.0 Å². The van der Waals surface area contributed by atoms with Gasteiger partial charge in [-0.05, 0) is 51.6 Å². The molecule has 1 N–H and O–H groups in total. The Morgan fingerprint density at radius 1 is 1.25 bits per heavy atom. The topological polar surface area (TPSA) is 47.0 Å². The Balaban J connectivity index is 2.18. The minimum atomic E-state index is 0.233. The number of aryl methyl sites for hydroxylation is 2. The molecule has 0 spiro atoms. The van der Waals surface area contributed by atoms with Crippen LogP contribution in [-0.4, -0.2) is 17.0 Å². The molecule has 0 bridgehead atoms. The van der Waals surface area contributed by atoms with E-state index in [0.717, 1.165) is 35.0 Å². The molecule has 0 amide bonds. The molecule has 0 radical (unpaired) electrons. The number of nitrogens with one attached hydrogen (secondary N) is 1. The highest BCUT2D eigenvalue weighted by Gasteiger charge is 2.07. The minimum absolute atomic E-state index is 0.233. The standard InChI is InChI=1S/C16H21N3O/c1-5-14-16(9-6-11(2)19-14)20-13-7-8-15(18-10-13)12(3)17-4/h6-10,12,17H,5H2,1-4H3. The van der Waals surface area contributed by atoms with Crippen LogP contribution in [0.2, 0.25) is 0 Å². The first-order valence-corrected chi connectivity index (χ1v) is 6.91. The molecule has 2 aromatic heterocycles. The maximum Gasteiger partial charge on any atom is 0.148 e. The van der Waals surface area contributed by atoms with E-state index in [1.165, 1.54) is 0 Å². The summed E-state index contributed by atoms with van der Waals surface area (Å²) in [5.41, 5.74) is 2.97. The lowest BCUT2D eigenvalue weighted by atomic mass is 10.2. The first-order chi connectivity index (χ1) is 9.63. The molecular formula is C16H21N3O. The average molecular weight is 271 g/mol. The third kappa shape index (κ3) is 3.33. The normalized spacial score (nSPS) is 12.2. The van der Waals surface area contributed by atoms with Gasteiger partial charge >= 0.3 is 0 Å². The maximum atomic E-state index is 5.88. The quantitative estimate of drug-likeness (QED) is 0.905. The van der Waals surface area contributed by atoms with Gasteiger partial charge in [-0.15, -0.1) is 0 Å². The first kappa shape index (κ1) is 14.5. The molecule has 0 aliphatic rings. The molecule has 0 aliphatic carbocycles. The van der Waals surface area contributed by atoms with Gasteiger partial charge in [0, 0.05) is 11.7 Å². The van der Waals surface area contributed by atoms with Crippen molar-refractivity contribution < 1.29 is 4.74 Å². The molecule has 0 aliphatic heterocycles. The summed E-state index contributed by atoms with van der Waals surface area (Å²) in [7, 11) is 1.92. The van der Waals surface area contributed by atoms with E-state index in [2.05, 4.69) is 29.1 Å². The second kappa shape index (κ2) is 6.48.